The fourth-order valence-electron chi connectivity index (χ4n) is 1.64. The Morgan fingerprint density at radius 1 is 1.50 bits per heavy atom. The molecule has 0 saturated heterocycles. The molecule has 3 N–H and O–H groups in total. The van der Waals surface area contributed by atoms with Crippen LogP contribution in [0.15, 0.2) is 30.5 Å². The minimum atomic E-state index is -0.0785. The first-order chi connectivity index (χ1) is 7.85. The molecule has 2 rings (SSSR count). The molecule has 0 aliphatic rings. The Kier molecular flexibility index (Phi) is 3.61. The number of hydrogen-bond donors (Lipinski definition) is 2. The van der Waals surface area contributed by atoms with E-state index < -0.39 is 0 Å². The van der Waals surface area contributed by atoms with E-state index in [0.717, 1.165) is 17.7 Å². The minimum absolute atomic E-state index is 0.0785. The first-order valence-electron chi connectivity index (χ1n) is 5.17. The summed E-state index contributed by atoms with van der Waals surface area (Å²) in [5.74, 6) is 5.57. The van der Waals surface area contributed by atoms with Gasteiger partial charge >= 0.3 is 0 Å². The molecule has 2 aromatic rings. The summed E-state index contributed by atoms with van der Waals surface area (Å²) < 4.78 is 8.20. The largest absolute Gasteiger partial charge is 0.271 e. The number of aryl methyl sites for hydroxylation is 1. The van der Waals surface area contributed by atoms with Crippen molar-refractivity contribution in [3.63, 3.8) is 0 Å². The lowest BCUT2D eigenvalue weighted by molar-refractivity contribution is 0.625. The molecule has 16 heavy (non-hydrogen) atoms. The quantitative estimate of drug-likeness (QED) is 0.623. The van der Waals surface area contributed by atoms with Crippen molar-refractivity contribution >= 4 is 11.7 Å². The van der Waals surface area contributed by atoms with Gasteiger partial charge in [-0.25, -0.2) is 5.43 Å². The molecule has 0 saturated carbocycles. The third kappa shape index (κ3) is 2.27. The van der Waals surface area contributed by atoms with Crippen LogP contribution in [0.5, 0.6) is 0 Å². The van der Waals surface area contributed by atoms with Gasteiger partial charge in [-0.1, -0.05) is 31.2 Å². The van der Waals surface area contributed by atoms with E-state index in [9.17, 15) is 0 Å². The van der Waals surface area contributed by atoms with Gasteiger partial charge in [-0.05, 0) is 17.5 Å². The molecule has 4 nitrogen and oxygen atoms in total. The summed E-state index contributed by atoms with van der Waals surface area (Å²) in [7, 11) is 0. The number of hydrogen-bond acceptors (Lipinski definition) is 5. The summed E-state index contributed by atoms with van der Waals surface area (Å²) in [5.41, 5.74) is 6.05. The second kappa shape index (κ2) is 5.16. The van der Waals surface area contributed by atoms with Crippen LogP contribution in [0, 0.1) is 0 Å². The second-order valence-corrected chi connectivity index (χ2v) is 4.09. The number of nitrogens with one attached hydrogen (secondary N) is 1. The van der Waals surface area contributed by atoms with Crippen LogP contribution in [0.1, 0.15) is 29.8 Å². The maximum Gasteiger partial charge on any atom is 0.0970 e. The highest BCUT2D eigenvalue weighted by Gasteiger charge is 2.14. The standard InChI is InChI=1S/C11H14N4S/c1-2-8-4-3-5-9(6-8)11(14-12)10-7-13-16-15-10/h3-7,11,14H,2,12H2,1H3. The highest BCUT2D eigenvalue weighted by atomic mass is 32.1. The molecule has 0 radical (unpaired) electrons. The Hall–Kier alpha value is -1.30. The van der Waals surface area contributed by atoms with Crippen molar-refractivity contribution in [3.05, 3.63) is 47.3 Å². The first kappa shape index (κ1) is 11.2. The molecule has 1 heterocycles. The van der Waals surface area contributed by atoms with Crippen LogP contribution >= 0.6 is 11.7 Å². The lowest BCUT2D eigenvalue weighted by Crippen LogP contribution is -2.29. The van der Waals surface area contributed by atoms with Crippen LogP contribution in [0.25, 0.3) is 0 Å². The van der Waals surface area contributed by atoms with Crippen LogP contribution in [0.3, 0.4) is 0 Å². The van der Waals surface area contributed by atoms with Crippen LogP contribution in [0.2, 0.25) is 0 Å². The molecule has 0 amide bonds. The lowest BCUT2D eigenvalue weighted by Gasteiger charge is -2.14. The van der Waals surface area contributed by atoms with Gasteiger partial charge in [-0.15, -0.1) is 0 Å². The Morgan fingerprint density at radius 3 is 3.00 bits per heavy atom. The molecule has 0 fully saturated rings. The van der Waals surface area contributed by atoms with Crippen LogP contribution in [-0.4, -0.2) is 8.75 Å². The molecule has 1 aromatic heterocycles. The van der Waals surface area contributed by atoms with Crippen LogP contribution in [-0.2, 0) is 6.42 Å². The molecule has 0 aliphatic heterocycles. The smallest absolute Gasteiger partial charge is 0.0970 e. The summed E-state index contributed by atoms with van der Waals surface area (Å²) in [4.78, 5) is 0. The number of hydrazine groups is 1. The predicted octanol–water partition coefficient (Wildman–Crippen LogP) is 1.65. The van der Waals surface area contributed by atoms with Gasteiger partial charge < -0.3 is 0 Å². The van der Waals surface area contributed by atoms with Crippen molar-refractivity contribution in [3.8, 4) is 0 Å². The Morgan fingerprint density at radius 2 is 2.38 bits per heavy atom. The molecule has 0 spiro atoms. The second-order valence-electron chi connectivity index (χ2n) is 3.53. The van der Waals surface area contributed by atoms with Crippen molar-refractivity contribution in [1.29, 1.82) is 0 Å². The summed E-state index contributed by atoms with van der Waals surface area (Å²) in [6, 6.07) is 8.26. The summed E-state index contributed by atoms with van der Waals surface area (Å²) in [6.45, 7) is 2.13. The zero-order chi connectivity index (χ0) is 11.4. The molecule has 1 aromatic carbocycles. The number of rotatable bonds is 4. The zero-order valence-electron chi connectivity index (χ0n) is 9.05. The third-order valence-corrected chi connectivity index (χ3v) is 3.03. The van der Waals surface area contributed by atoms with Crippen LogP contribution in [0.4, 0.5) is 0 Å². The lowest BCUT2D eigenvalue weighted by atomic mass is 10.0. The van der Waals surface area contributed by atoms with E-state index in [-0.39, 0.29) is 6.04 Å². The average molecular weight is 234 g/mol. The SMILES string of the molecule is CCc1cccc(C(NN)c2cnsn2)c1. The Balaban J connectivity index is 2.33. The number of nitrogens with two attached hydrogens (primary N) is 1. The summed E-state index contributed by atoms with van der Waals surface area (Å²) in [5, 5.41) is 0. The number of benzene rings is 1. The van der Waals surface area contributed by atoms with Gasteiger partial charge in [0, 0.05) is 0 Å². The van der Waals surface area contributed by atoms with E-state index in [4.69, 9.17) is 5.84 Å². The Bertz CT molecular complexity index is 441. The van der Waals surface area contributed by atoms with Crippen molar-refractivity contribution in [2.24, 2.45) is 5.84 Å². The average Bonchev–Trinajstić information content (AvgIpc) is 2.84. The zero-order valence-corrected chi connectivity index (χ0v) is 9.87. The van der Waals surface area contributed by atoms with Crippen molar-refractivity contribution < 1.29 is 0 Å². The molecule has 5 heteroatoms. The van der Waals surface area contributed by atoms with E-state index in [1.165, 1.54) is 17.3 Å². The molecule has 1 atom stereocenters. The number of aromatic nitrogens is 2. The monoisotopic (exact) mass is 234 g/mol. The van der Waals surface area contributed by atoms with E-state index in [2.05, 4.69) is 33.2 Å². The van der Waals surface area contributed by atoms with Gasteiger partial charge in [0.1, 0.15) is 0 Å². The minimum Gasteiger partial charge on any atom is -0.271 e. The Labute approximate surface area is 98.8 Å². The summed E-state index contributed by atoms with van der Waals surface area (Å²) >= 11 is 1.19. The maximum atomic E-state index is 5.57. The molecule has 0 bridgehead atoms. The van der Waals surface area contributed by atoms with E-state index >= 15 is 0 Å². The highest BCUT2D eigenvalue weighted by molar-refractivity contribution is 6.99. The topological polar surface area (TPSA) is 63.8 Å². The van der Waals surface area contributed by atoms with Gasteiger partial charge in [0.05, 0.1) is 29.7 Å². The van der Waals surface area contributed by atoms with Gasteiger partial charge in [0.25, 0.3) is 0 Å². The fraction of sp³-hybridized carbons (Fsp3) is 0.273. The van der Waals surface area contributed by atoms with Crippen molar-refractivity contribution in [2.75, 3.05) is 0 Å². The molecule has 0 aliphatic carbocycles. The van der Waals surface area contributed by atoms with Gasteiger partial charge in [0.15, 0.2) is 0 Å². The van der Waals surface area contributed by atoms with Crippen LogP contribution < -0.4 is 11.3 Å². The van der Waals surface area contributed by atoms with Gasteiger partial charge in [-0.2, -0.15) is 8.75 Å². The van der Waals surface area contributed by atoms with Gasteiger partial charge in [-0.3, -0.25) is 5.84 Å². The van der Waals surface area contributed by atoms with Crippen molar-refractivity contribution in [1.82, 2.24) is 14.2 Å². The first-order valence-corrected chi connectivity index (χ1v) is 5.90. The number of nitrogens with zero attached hydrogens (tertiary/aromatic N) is 2. The van der Waals surface area contributed by atoms with E-state index in [1.807, 2.05) is 12.1 Å². The molecule has 1 unspecified atom stereocenters. The van der Waals surface area contributed by atoms with E-state index in [1.54, 1.807) is 6.20 Å². The van der Waals surface area contributed by atoms with Gasteiger partial charge in [0.2, 0.25) is 0 Å². The fourth-order valence-corrected chi connectivity index (χ4v) is 2.09. The van der Waals surface area contributed by atoms with E-state index in [0.29, 0.717) is 0 Å². The van der Waals surface area contributed by atoms with Crippen molar-refractivity contribution in [2.45, 2.75) is 19.4 Å². The molecular weight excluding hydrogens is 220 g/mol. The normalized spacial score (nSPS) is 12.6. The summed E-state index contributed by atoms with van der Waals surface area (Å²) in [6.07, 6.45) is 2.76. The maximum absolute atomic E-state index is 5.57. The molecule has 84 valence electrons. The third-order valence-electron chi connectivity index (χ3n) is 2.53. The predicted molar refractivity (Wildman–Crippen MR) is 64.9 cm³/mol. The molecular formula is C11H14N4S. The highest BCUT2D eigenvalue weighted by Crippen LogP contribution is 2.20.